The molecule has 2 amide bonds. The summed E-state index contributed by atoms with van der Waals surface area (Å²) >= 11 is 0. The van der Waals surface area contributed by atoms with Crippen molar-refractivity contribution in [1.29, 1.82) is 0 Å². The SMILES string of the molecule is O=C1CN(C(=O)c2ccc(CNS(=O)(=O)c3cc4c(c(C(=O)O)c3)OCCO4)cc2)CCN1. The van der Waals surface area contributed by atoms with E-state index in [1.807, 2.05) is 0 Å². The third-order valence-electron chi connectivity index (χ3n) is 5.15. The van der Waals surface area contributed by atoms with Crippen molar-refractivity contribution in [1.82, 2.24) is 14.9 Å². The third kappa shape index (κ3) is 4.91. The van der Waals surface area contributed by atoms with Gasteiger partial charge in [-0.05, 0) is 23.8 Å². The van der Waals surface area contributed by atoms with Gasteiger partial charge in [-0.3, -0.25) is 9.59 Å². The molecule has 0 radical (unpaired) electrons. The third-order valence-corrected chi connectivity index (χ3v) is 6.53. The van der Waals surface area contributed by atoms with Crippen molar-refractivity contribution in [2.24, 2.45) is 0 Å². The second-order valence-electron chi connectivity index (χ2n) is 7.40. The van der Waals surface area contributed by atoms with Crippen LogP contribution in [0.3, 0.4) is 0 Å². The number of sulfonamides is 1. The number of piperazine rings is 1. The molecule has 0 bridgehead atoms. The van der Waals surface area contributed by atoms with Crippen LogP contribution in [0.15, 0.2) is 41.3 Å². The van der Waals surface area contributed by atoms with Gasteiger partial charge in [0.1, 0.15) is 18.8 Å². The minimum Gasteiger partial charge on any atom is -0.486 e. The number of benzene rings is 2. The molecule has 0 aromatic heterocycles. The summed E-state index contributed by atoms with van der Waals surface area (Å²) in [6.45, 7) is 1.07. The van der Waals surface area contributed by atoms with E-state index in [0.29, 0.717) is 24.2 Å². The van der Waals surface area contributed by atoms with E-state index >= 15 is 0 Å². The number of hydrogen-bond acceptors (Lipinski definition) is 7. The van der Waals surface area contributed by atoms with Gasteiger partial charge in [-0.2, -0.15) is 0 Å². The maximum absolute atomic E-state index is 12.8. The number of carbonyl (C=O) groups excluding carboxylic acids is 2. The Morgan fingerprint density at radius 3 is 2.55 bits per heavy atom. The van der Waals surface area contributed by atoms with Gasteiger partial charge >= 0.3 is 5.97 Å². The summed E-state index contributed by atoms with van der Waals surface area (Å²) in [6, 6.07) is 8.57. The first-order valence-corrected chi connectivity index (χ1v) is 11.5. The lowest BCUT2D eigenvalue weighted by Crippen LogP contribution is -2.49. The van der Waals surface area contributed by atoms with Gasteiger partial charge in [-0.25, -0.2) is 17.9 Å². The fourth-order valence-electron chi connectivity index (χ4n) is 3.46. The van der Waals surface area contributed by atoms with Crippen LogP contribution < -0.4 is 19.5 Å². The van der Waals surface area contributed by atoms with Gasteiger partial charge in [0.25, 0.3) is 5.91 Å². The molecule has 11 nitrogen and oxygen atoms in total. The van der Waals surface area contributed by atoms with Gasteiger partial charge in [-0.15, -0.1) is 0 Å². The van der Waals surface area contributed by atoms with E-state index in [1.54, 1.807) is 24.3 Å². The van der Waals surface area contributed by atoms with Crippen LogP contribution in [-0.2, 0) is 21.4 Å². The van der Waals surface area contributed by atoms with E-state index in [1.165, 1.54) is 11.0 Å². The number of amides is 2. The Morgan fingerprint density at radius 1 is 1.12 bits per heavy atom. The van der Waals surface area contributed by atoms with E-state index in [0.717, 1.165) is 6.07 Å². The Labute approximate surface area is 189 Å². The van der Waals surface area contributed by atoms with Crippen LogP contribution in [0, 0.1) is 0 Å². The topological polar surface area (TPSA) is 151 Å². The monoisotopic (exact) mass is 475 g/mol. The van der Waals surface area contributed by atoms with Crippen molar-refractivity contribution < 1.29 is 37.4 Å². The second kappa shape index (κ2) is 9.08. The van der Waals surface area contributed by atoms with E-state index in [9.17, 15) is 27.9 Å². The normalized spacial score (nSPS) is 15.6. The van der Waals surface area contributed by atoms with Crippen molar-refractivity contribution in [3.63, 3.8) is 0 Å². The molecule has 2 heterocycles. The maximum atomic E-state index is 12.8. The van der Waals surface area contributed by atoms with E-state index in [4.69, 9.17) is 9.47 Å². The van der Waals surface area contributed by atoms with Gasteiger partial charge in [0.05, 0.1) is 11.4 Å². The molecule has 1 fully saturated rings. The lowest BCUT2D eigenvalue weighted by Gasteiger charge is -2.26. The second-order valence-corrected chi connectivity index (χ2v) is 9.17. The molecule has 33 heavy (non-hydrogen) atoms. The van der Waals surface area contributed by atoms with Crippen molar-refractivity contribution in [2.45, 2.75) is 11.4 Å². The minimum absolute atomic E-state index is 0.000794. The van der Waals surface area contributed by atoms with Crippen molar-refractivity contribution in [3.8, 4) is 11.5 Å². The van der Waals surface area contributed by atoms with Crippen LogP contribution in [0.4, 0.5) is 0 Å². The number of ether oxygens (including phenoxy) is 2. The summed E-state index contributed by atoms with van der Waals surface area (Å²) in [6.07, 6.45) is 0. The van der Waals surface area contributed by atoms with Gasteiger partial charge < -0.3 is 24.8 Å². The number of fused-ring (bicyclic) bond motifs is 1. The number of carbonyl (C=O) groups is 3. The molecular weight excluding hydrogens is 454 g/mol. The molecule has 12 heteroatoms. The fourth-order valence-corrected chi connectivity index (χ4v) is 4.52. The predicted octanol–water partition coefficient (Wildman–Crippen LogP) is 0.207. The van der Waals surface area contributed by atoms with Crippen LogP contribution >= 0.6 is 0 Å². The van der Waals surface area contributed by atoms with Crippen LogP contribution in [0.1, 0.15) is 26.3 Å². The highest BCUT2D eigenvalue weighted by Crippen LogP contribution is 2.36. The van der Waals surface area contributed by atoms with Gasteiger partial charge in [0.15, 0.2) is 11.5 Å². The van der Waals surface area contributed by atoms with Gasteiger partial charge in [-0.1, -0.05) is 12.1 Å². The fraction of sp³-hybridized carbons (Fsp3) is 0.286. The number of aromatic carboxylic acids is 1. The predicted molar refractivity (Wildman–Crippen MR) is 114 cm³/mol. The quantitative estimate of drug-likeness (QED) is 0.536. The Hall–Kier alpha value is -3.64. The number of rotatable bonds is 6. The standard InChI is InChI=1S/C21H21N3O8S/c25-18-12-24(6-5-22-18)20(26)14-3-1-13(2-4-14)11-23-33(29,30)15-9-16(21(27)28)19-17(10-15)31-7-8-32-19/h1-4,9-10,23H,5-8,11-12H2,(H,22,25)(H,27,28). The van der Waals surface area contributed by atoms with E-state index in [-0.39, 0.29) is 60.1 Å². The summed E-state index contributed by atoms with van der Waals surface area (Å²) in [5.41, 5.74) is 0.665. The first kappa shape index (κ1) is 22.6. The Balaban J connectivity index is 1.46. The van der Waals surface area contributed by atoms with Crippen LogP contribution in [0.2, 0.25) is 0 Å². The largest absolute Gasteiger partial charge is 0.486 e. The zero-order chi connectivity index (χ0) is 23.6. The van der Waals surface area contributed by atoms with Crippen molar-refractivity contribution >= 4 is 27.8 Å². The highest BCUT2D eigenvalue weighted by atomic mass is 32.2. The molecule has 0 spiro atoms. The first-order chi connectivity index (χ1) is 15.7. The molecule has 3 N–H and O–H groups in total. The average molecular weight is 475 g/mol. The zero-order valence-corrected chi connectivity index (χ0v) is 18.2. The molecule has 0 atom stereocenters. The molecule has 0 unspecified atom stereocenters. The minimum atomic E-state index is -4.07. The van der Waals surface area contributed by atoms with Crippen LogP contribution in [0.5, 0.6) is 11.5 Å². The Kier molecular flexibility index (Phi) is 6.20. The summed E-state index contributed by atoms with van der Waals surface area (Å²) in [5.74, 6) is -1.78. The average Bonchev–Trinajstić information content (AvgIpc) is 2.82. The number of carboxylic acids is 1. The smallest absolute Gasteiger partial charge is 0.339 e. The highest BCUT2D eigenvalue weighted by molar-refractivity contribution is 7.89. The maximum Gasteiger partial charge on any atom is 0.339 e. The summed E-state index contributed by atoms with van der Waals surface area (Å²) in [7, 11) is -4.07. The molecule has 4 rings (SSSR count). The molecular formula is C21H21N3O8S. The molecule has 2 aliphatic heterocycles. The van der Waals surface area contributed by atoms with E-state index < -0.39 is 16.0 Å². The molecule has 2 aromatic rings. The van der Waals surface area contributed by atoms with Gasteiger partial charge in [0.2, 0.25) is 15.9 Å². The molecule has 2 aliphatic rings. The van der Waals surface area contributed by atoms with Crippen molar-refractivity contribution in [2.75, 3.05) is 32.8 Å². The van der Waals surface area contributed by atoms with Gasteiger partial charge in [0, 0.05) is 31.3 Å². The summed E-state index contributed by atoms with van der Waals surface area (Å²) < 4.78 is 38.7. The lowest BCUT2D eigenvalue weighted by molar-refractivity contribution is -0.123. The molecule has 174 valence electrons. The van der Waals surface area contributed by atoms with Crippen molar-refractivity contribution in [3.05, 3.63) is 53.1 Å². The molecule has 0 aliphatic carbocycles. The Bertz CT molecular complexity index is 1210. The lowest BCUT2D eigenvalue weighted by atomic mass is 10.1. The van der Waals surface area contributed by atoms with Crippen LogP contribution in [-0.4, -0.2) is 69.1 Å². The first-order valence-electron chi connectivity index (χ1n) is 10.1. The highest BCUT2D eigenvalue weighted by Gasteiger charge is 2.26. The molecule has 1 saturated heterocycles. The zero-order valence-electron chi connectivity index (χ0n) is 17.4. The summed E-state index contributed by atoms with van der Waals surface area (Å²) in [4.78, 5) is 36.7. The number of nitrogens with zero attached hydrogens (tertiary/aromatic N) is 1. The van der Waals surface area contributed by atoms with Crippen LogP contribution in [0.25, 0.3) is 0 Å². The summed E-state index contributed by atoms with van der Waals surface area (Å²) in [5, 5.41) is 12.1. The Morgan fingerprint density at radius 2 is 1.85 bits per heavy atom. The van der Waals surface area contributed by atoms with E-state index in [2.05, 4.69) is 10.0 Å². The molecule has 0 saturated carbocycles. The molecule has 2 aromatic carbocycles. The number of carboxylic acid groups (broad SMARTS) is 1. The number of hydrogen-bond donors (Lipinski definition) is 3. The number of nitrogens with one attached hydrogen (secondary N) is 2.